The van der Waals surface area contributed by atoms with Crippen molar-refractivity contribution in [2.75, 3.05) is 0 Å². The second-order valence-electron chi connectivity index (χ2n) is 4.22. The monoisotopic (exact) mass is 325 g/mol. The average Bonchev–Trinajstić information content (AvgIpc) is 2.83. The van der Waals surface area contributed by atoms with E-state index in [0.717, 1.165) is 12.1 Å². The molecule has 18 heavy (non-hydrogen) atoms. The maximum absolute atomic E-state index is 8.98. The number of halogens is 1. The average molecular weight is 326 g/mol. The summed E-state index contributed by atoms with van der Waals surface area (Å²) < 4.78 is 1.17. The maximum Gasteiger partial charge on any atom is 0.0701 e. The van der Waals surface area contributed by atoms with Crippen LogP contribution in [0, 0.1) is 0 Å². The van der Waals surface area contributed by atoms with Gasteiger partial charge in [-0.3, -0.25) is 0 Å². The molecule has 1 heterocycles. The molecule has 0 saturated carbocycles. The summed E-state index contributed by atoms with van der Waals surface area (Å²) in [4.78, 5) is 1.33. The van der Waals surface area contributed by atoms with Crippen LogP contribution < -0.4 is 5.32 Å². The Balaban J connectivity index is 1.90. The van der Waals surface area contributed by atoms with Gasteiger partial charge in [-0.2, -0.15) is 0 Å². The molecule has 0 radical (unpaired) electrons. The standard InChI is InChI=1S/C14H16BrNOS/c1-10(13-6-7-14(15)18-13)16-8-11-2-4-12(9-17)5-3-11/h2-7,10,16-17H,8-9H2,1H3. The fourth-order valence-electron chi connectivity index (χ4n) is 1.70. The number of benzene rings is 1. The Morgan fingerprint density at radius 2 is 1.83 bits per heavy atom. The van der Waals surface area contributed by atoms with Crippen molar-refractivity contribution in [1.82, 2.24) is 5.32 Å². The van der Waals surface area contributed by atoms with E-state index in [1.54, 1.807) is 11.3 Å². The van der Waals surface area contributed by atoms with E-state index in [1.807, 2.05) is 12.1 Å². The first-order valence-electron chi connectivity index (χ1n) is 5.86. The van der Waals surface area contributed by atoms with Crippen LogP contribution >= 0.6 is 27.3 Å². The molecule has 0 fully saturated rings. The Hall–Kier alpha value is -0.680. The summed E-state index contributed by atoms with van der Waals surface area (Å²) >= 11 is 5.24. The molecule has 2 aromatic rings. The zero-order valence-corrected chi connectivity index (χ0v) is 12.6. The molecule has 1 aromatic heterocycles. The van der Waals surface area contributed by atoms with E-state index in [-0.39, 0.29) is 6.61 Å². The van der Waals surface area contributed by atoms with Gasteiger partial charge in [-0.05, 0) is 46.1 Å². The van der Waals surface area contributed by atoms with Crippen LogP contribution in [0.2, 0.25) is 0 Å². The van der Waals surface area contributed by atoms with Gasteiger partial charge in [0.05, 0.1) is 10.4 Å². The number of hydrogen-bond donors (Lipinski definition) is 2. The first-order chi connectivity index (χ1) is 8.69. The molecule has 0 aliphatic rings. The van der Waals surface area contributed by atoms with Crippen molar-refractivity contribution in [2.24, 2.45) is 0 Å². The molecule has 2 rings (SSSR count). The molecule has 96 valence electrons. The Bertz CT molecular complexity index is 495. The molecule has 0 amide bonds. The highest BCUT2D eigenvalue weighted by atomic mass is 79.9. The van der Waals surface area contributed by atoms with Crippen molar-refractivity contribution in [3.8, 4) is 0 Å². The van der Waals surface area contributed by atoms with E-state index >= 15 is 0 Å². The molecular weight excluding hydrogens is 310 g/mol. The lowest BCUT2D eigenvalue weighted by Crippen LogP contribution is -2.17. The third-order valence-electron chi connectivity index (χ3n) is 2.84. The van der Waals surface area contributed by atoms with Gasteiger partial charge in [-0.15, -0.1) is 11.3 Å². The lowest BCUT2D eigenvalue weighted by atomic mass is 10.1. The van der Waals surface area contributed by atoms with Crippen molar-refractivity contribution in [3.63, 3.8) is 0 Å². The van der Waals surface area contributed by atoms with Crippen LogP contribution in [0.3, 0.4) is 0 Å². The van der Waals surface area contributed by atoms with Gasteiger partial charge in [0.15, 0.2) is 0 Å². The van der Waals surface area contributed by atoms with Gasteiger partial charge in [-0.25, -0.2) is 0 Å². The van der Waals surface area contributed by atoms with E-state index in [2.05, 4.69) is 52.4 Å². The minimum absolute atomic E-state index is 0.104. The Labute approximate surface area is 120 Å². The van der Waals surface area contributed by atoms with Gasteiger partial charge >= 0.3 is 0 Å². The Morgan fingerprint density at radius 3 is 2.39 bits per heavy atom. The van der Waals surface area contributed by atoms with Crippen molar-refractivity contribution in [1.29, 1.82) is 0 Å². The molecule has 4 heteroatoms. The molecule has 0 spiro atoms. The van der Waals surface area contributed by atoms with E-state index in [4.69, 9.17) is 5.11 Å². The van der Waals surface area contributed by atoms with E-state index in [1.165, 1.54) is 14.2 Å². The summed E-state index contributed by atoms with van der Waals surface area (Å²) in [6.07, 6.45) is 0. The topological polar surface area (TPSA) is 32.3 Å². The van der Waals surface area contributed by atoms with Crippen LogP contribution in [0.25, 0.3) is 0 Å². The number of hydrogen-bond acceptors (Lipinski definition) is 3. The molecule has 0 aliphatic heterocycles. The Morgan fingerprint density at radius 1 is 1.17 bits per heavy atom. The molecule has 1 unspecified atom stereocenters. The smallest absolute Gasteiger partial charge is 0.0701 e. The van der Waals surface area contributed by atoms with Crippen LogP contribution in [0.15, 0.2) is 40.2 Å². The summed E-state index contributed by atoms with van der Waals surface area (Å²) in [5, 5.41) is 12.5. The summed E-state index contributed by atoms with van der Waals surface area (Å²) in [6, 6.07) is 12.6. The minimum atomic E-state index is 0.104. The predicted molar refractivity (Wildman–Crippen MR) is 79.6 cm³/mol. The first-order valence-corrected chi connectivity index (χ1v) is 7.47. The molecular formula is C14H16BrNOS. The fourth-order valence-corrected chi connectivity index (χ4v) is 3.15. The van der Waals surface area contributed by atoms with Crippen LogP contribution in [0.1, 0.15) is 29.0 Å². The zero-order valence-electron chi connectivity index (χ0n) is 10.2. The molecule has 2 N–H and O–H groups in total. The number of thiophene rings is 1. The fraction of sp³-hybridized carbons (Fsp3) is 0.286. The highest BCUT2D eigenvalue weighted by Crippen LogP contribution is 2.27. The summed E-state index contributed by atoms with van der Waals surface area (Å²) in [7, 11) is 0. The van der Waals surface area contributed by atoms with Crippen molar-refractivity contribution >= 4 is 27.3 Å². The van der Waals surface area contributed by atoms with Crippen LogP contribution in [0.5, 0.6) is 0 Å². The first kappa shape index (κ1) is 13.7. The minimum Gasteiger partial charge on any atom is -0.392 e. The van der Waals surface area contributed by atoms with Crippen LogP contribution in [-0.2, 0) is 13.2 Å². The number of rotatable bonds is 5. The molecule has 1 atom stereocenters. The van der Waals surface area contributed by atoms with Gasteiger partial charge in [0, 0.05) is 17.5 Å². The third kappa shape index (κ3) is 3.65. The second-order valence-corrected chi connectivity index (χ2v) is 6.71. The van der Waals surface area contributed by atoms with Crippen LogP contribution in [0.4, 0.5) is 0 Å². The quantitative estimate of drug-likeness (QED) is 0.875. The highest BCUT2D eigenvalue weighted by molar-refractivity contribution is 9.11. The lowest BCUT2D eigenvalue weighted by molar-refractivity contribution is 0.282. The van der Waals surface area contributed by atoms with E-state index < -0.39 is 0 Å². The molecule has 2 nitrogen and oxygen atoms in total. The summed E-state index contributed by atoms with van der Waals surface area (Å²) in [5.74, 6) is 0. The highest BCUT2D eigenvalue weighted by Gasteiger charge is 2.07. The largest absolute Gasteiger partial charge is 0.392 e. The van der Waals surface area contributed by atoms with Crippen molar-refractivity contribution < 1.29 is 5.11 Å². The number of nitrogens with one attached hydrogen (secondary N) is 1. The van der Waals surface area contributed by atoms with Crippen molar-refractivity contribution in [3.05, 3.63) is 56.2 Å². The van der Waals surface area contributed by atoms with E-state index in [0.29, 0.717) is 6.04 Å². The molecule has 0 saturated heterocycles. The molecule has 0 bridgehead atoms. The van der Waals surface area contributed by atoms with Gasteiger partial charge in [0.25, 0.3) is 0 Å². The Kier molecular flexibility index (Phi) is 4.95. The van der Waals surface area contributed by atoms with Gasteiger partial charge in [-0.1, -0.05) is 24.3 Å². The van der Waals surface area contributed by atoms with Crippen molar-refractivity contribution in [2.45, 2.75) is 26.1 Å². The van der Waals surface area contributed by atoms with Gasteiger partial charge in [0.1, 0.15) is 0 Å². The number of aliphatic hydroxyl groups is 1. The van der Waals surface area contributed by atoms with Crippen LogP contribution in [-0.4, -0.2) is 5.11 Å². The maximum atomic E-state index is 8.98. The van der Waals surface area contributed by atoms with E-state index in [9.17, 15) is 0 Å². The third-order valence-corrected chi connectivity index (χ3v) is 4.65. The second kappa shape index (κ2) is 6.48. The SMILES string of the molecule is CC(NCc1ccc(CO)cc1)c1ccc(Br)s1. The van der Waals surface area contributed by atoms with Gasteiger partial charge < -0.3 is 10.4 Å². The summed E-state index contributed by atoms with van der Waals surface area (Å²) in [5.41, 5.74) is 2.18. The van der Waals surface area contributed by atoms with Gasteiger partial charge in [0.2, 0.25) is 0 Å². The molecule has 1 aromatic carbocycles. The molecule has 0 aliphatic carbocycles. The lowest BCUT2D eigenvalue weighted by Gasteiger charge is -2.12. The normalized spacial score (nSPS) is 12.6. The zero-order chi connectivity index (χ0) is 13.0. The summed E-state index contributed by atoms with van der Waals surface area (Å²) in [6.45, 7) is 3.11. The number of aliphatic hydroxyl groups excluding tert-OH is 1. The predicted octanol–water partition coefficient (Wildman–Crippen LogP) is 3.85.